The molecule has 1 aromatic heterocycles. The lowest BCUT2D eigenvalue weighted by Gasteiger charge is -2.15. The molecule has 1 atom stereocenters. The van der Waals surface area contributed by atoms with Crippen molar-refractivity contribution in [3.8, 4) is 11.3 Å². The minimum absolute atomic E-state index is 0.197. The van der Waals surface area contributed by atoms with Crippen molar-refractivity contribution in [2.45, 2.75) is 6.04 Å². The molecule has 1 unspecified atom stereocenters. The van der Waals surface area contributed by atoms with Gasteiger partial charge < -0.3 is 11.5 Å². The number of hydrogen-bond acceptors (Lipinski definition) is 3. The minimum Gasteiger partial charge on any atom is -0.329 e. The topological polar surface area (TPSA) is 64.9 Å². The fourth-order valence-corrected chi connectivity index (χ4v) is 3.13. The van der Waals surface area contributed by atoms with Crippen molar-refractivity contribution in [1.29, 1.82) is 0 Å². The average Bonchev–Trinajstić information content (AvgIpc) is 2.66. The van der Waals surface area contributed by atoms with Gasteiger partial charge >= 0.3 is 0 Å². The molecule has 4 N–H and O–H groups in total. The zero-order valence-electron chi connectivity index (χ0n) is 13.3. The van der Waals surface area contributed by atoms with Crippen LogP contribution in [0.1, 0.15) is 11.6 Å². The highest BCUT2D eigenvalue weighted by Crippen LogP contribution is 2.29. The van der Waals surface area contributed by atoms with E-state index in [-0.39, 0.29) is 6.04 Å². The van der Waals surface area contributed by atoms with Gasteiger partial charge in [-0.3, -0.25) is 0 Å². The van der Waals surface area contributed by atoms with E-state index in [0.717, 1.165) is 27.7 Å². The van der Waals surface area contributed by atoms with Crippen LogP contribution in [0.5, 0.6) is 0 Å². The van der Waals surface area contributed by atoms with E-state index in [0.29, 0.717) is 6.54 Å². The molecule has 0 amide bonds. The number of rotatable bonds is 3. The van der Waals surface area contributed by atoms with Crippen molar-refractivity contribution in [1.82, 2.24) is 4.98 Å². The smallest absolute Gasteiger partial charge is 0.0713 e. The highest BCUT2D eigenvalue weighted by molar-refractivity contribution is 5.89. The van der Waals surface area contributed by atoms with Gasteiger partial charge in [0.1, 0.15) is 0 Å². The molecule has 0 saturated heterocycles. The number of para-hydroxylation sites is 1. The first kappa shape index (κ1) is 14.8. The Morgan fingerprint density at radius 2 is 1.58 bits per heavy atom. The summed E-state index contributed by atoms with van der Waals surface area (Å²) in [6.45, 7) is 0.408. The van der Waals surface area contributed by atoms with Crippen LogP contribution in [0.3, 0.4) is 0 Å². The van der Waals surface area contributed by atoms with Gasteiger partial charge in [-0.15, -0.1) is 0 Å². The zero-order valence-corrected chi connectivity index (χ0v) is 13.3. The van der Waals surface area contributed by atoms with Crippen molar-refractivity contribution < 1.29 is 0 Å². The molecule has 3 nitrogen and oxygen atoms in total. The Labute approximate surface area is 140 Å². The van der Waals surface area contributed by atoms with Gasteiger partial charge in [-0.05, 0) is 34.5 Å². The Balaban J connectivity index is 1.94. The molecule has 0 aliphatic heterocycles. The zero-order chi connectivity index (χ0) is 16.5. The summed E-state index contributed by atoms with van der Waals surface area (Å²) in [5.41, 5.74) is 16.1. The Morgan fingerprint density at radius 3 is 2.42 bits per heavy atom. The molecule has 24 heavy (non-hydrogen) atoms. The molecule has 3 heteroatoms. The Bertz CT molecular complexity index is 1020. The highest BCUT2D eigenvalue weighted by Gasteiger charge is 2.12. The van der Waals surface area contributed by atoms with Gasteiger partial charge in [0.15, 0.2) is 0 Å². The van der Waals surface area contributed by atoms with Crippen LogP contribution in [0.4, 0.5) is 0 Å². The second-order valence-electron chi connectivity index (χ2n) is 6.02. The second kappa shape index (κ2) is 6.04. The van der Waals surface area contributed by atoms with Gasteiger partial charge in [0, 0.05) is 23.5 Å². The lowest BCUT2D eigenvalue weighted by atomic mass is 9.98. The predicted octanol–water partition coefficient (Wildman–Crippen LogP) is 4.01. The van der Waals surface area contributed by atoms with Crippen LogP contribution in [-0.4, -0.2) is 11.5 Å². The Morgan fingerprint density at radius 1 is 0.833 bits per heavy atom. The van der Waals surface area contributed by atoms with Crippen LogP contribution < -0.4 is 11.5 Å². The summed E-state index contributed by atoms with van der Waals surface area (Å²) in [6, 6.07) is 24.7. The van der Waals surface area contributed by atoms with Gasteiger partial charge in [0.25, 0.3) is 0 Å². The molecule has 0 aliphatic carbocycles. The van der Waals surface area contributed by atoms with Gasteiger partial charge in [-0.25, -0.2) is 4.98 Å². The average molecular weight is 313 g/mol. The van der Waals surface area contributed by atoms with Crippen molar-refractivity contribution in [3.05, 3.63) is 78.4 Å². The third kappa shape index (κ3) is 2.54. The van der Waals surface area contributed by atoms with Crippen LogP contribution in [0.25, 0.3) is 32.9 Å². The van der Waals surface area contributed by atoms with E-state index in [4.69, 9.17) is 16.5 Å². The summed E-state index contributed by atoms with van der Waals surface area (Å²) in [5, 5.41) is 3.50. The molecule has 0 aliphatic rings. The van der Waals surface area contributed by atoms with E-state index in [1.807, 2.05) is 18.2 Å². The number of nitrogens with two attached hydrogens (primary N) is 2. The molecule has 118 valence electrons. The maximum absolute atomic E-state index is 6.25. The maximum atomic E-state index is 6.25. The first-order chi connectivity index (χ1) is 11.8. The lowest BCUT2D eigenvalue weighted by Crippen LogP contribution is -2.21. The summed E-state index contributed by atoms with van der Waals surface area (Å²) in [6.07, 6.45) is 0. The number of nitrogens with zero attached hydrogens (tertiary/aromatic N) is 1. The van der Waals surface area contributed by atoms with E-state index in [9.17, 15) is 0 Å². The number of hydrogen-bond donors (Lipinski definition) is 2. The van der Waals surface area contributed by atoms with Crippen LogP contribution >= 0.6 is 0 Å². The molecule has 0 spiro atoms. The largest absolute Gasteiger partial charge is 0.329 e. The summed E-state index contributed by atoms with van der Waals surface area (Å²) >= 11 is 0. The standard InChI is InChI=1S/C21H19N3/c22-13-19(23)18-12-21(24-20-8-4-3-7-17(18)20)16-10-9-14-5-1-2-6-15(14)11-16/h1-12,19H,13,22-23H2. The van der Waals surface area contributed by atoms with E-state index < -0.39 is 0 Å². The monoisotopic (exact) mass is 313 g/mol. The second-order valence-corrected chi connectivity index (χ2v) is 6.02. The number of fused-ring (bicyclic) bond motifs is 2. The normalized spacial score (nSPS) is 12.6. The van der Waals surface area contributed by atoms with E-state index >= 15 is 0 Å². The van der Waals surface area contributed by atoms with Crippen molar-refractivity contribution in [2.75, 3.05) is 6.54 Å². The summed E-state index contributed by atoms with van der Waals surface area (Å²) in [7, 11) is 0. The molecule has 4 aromatic rings. The van der Waals surface area contributed by atoms with Crippen LogP contribution in [-0.2, 0) is 0 Å². The van der Waals surface area contributed by atoms with Crippen molar-refractivity contribution in [2.24, 2.45) is 11.5 Å². The molecule has 0 radical (unpaired) electrons. The summed E-state index contributed by atoms with van der Waals surface area (Å²) < 4.78 is 0. The SMILES string of the molecule is NCC(N)c1cc(-c2ccc3ccccc3c2)nc2ccccc12. The molecular weight excluding hydrogens is 294 g/mol. The van der Waals surface area contributed by atoms with Crippen LogP contribution in [0, 0.1) is 0 Å². The van der Waals surface area contributed by atoms with E-state index in [1.165, 1.54) is 10.8 Å². The Hall–Kier alpha value is -2.75. The van der Waals surface area contributed by atoms with Gasteiger partial charge in [-0.2, -0.15) is 0 Å². The van der Waals surface area contributed by atoms with E-state index in [1.54, 1.807) is 0 Å². The maximum Gasteiger partial charge on any atom is 0.0713 e. The molecule has 3 aromatic carbocycles. The molecule has 0 bridgehead atoms. The van der Waals surface area contributed by atoms with Gasteiger partial charge in [0.05, 0.1) is 11.2 Å². The van der Waals surface area contributed by atoms with Crippen LogP contribution in [0.15, 0.2) is 72.8 Å². The quantitative estimate of drug-likeness (QED) is 0.600. The number of aromatic nitrogens is 1. The highest BCUT2D eigenvalue weighted by atomic mass is 14.7. The minimum atomic E-state index is -0.197. The van der Waals surface area contributed by atoms with Crippen molar-refractivity contribution >= 4 is 21.7 Å². The van der Waals surface area contributed by atoms with Crippen LogP contribution in [0.2, 0.25) is 0 Å². The van der Waals surface area contributed by atoms with Gasteiger partial charge in [-0.1, -0.05) is 54.6 Å². The third-order valence-electron chi connectivity index (χ3n) is 4.45. The predicted molar refractivity (Wildman–Crippen MR) is 101 cm³/mol. The number of benzene rings is 3. The fourth-order valence-electron chi connectivity index (χ4n) is 3.13. The van der Waals surface area contributed by atoms with Crippen molar-refractivity contribution in [3.63, 3.8) is 0 Å². The summed E-state index contributed by atoms with van der Waals surface area (Å²) in [5.74, 6) is 0. The molecule has 0 saturated carbocycles. The first-order valence-corrected chi connectivity index (χ1v) is 8.11. The molecule has 0 fully saturated rings. The molecular formula is C21H19N3. The van der Waals surface area contributed by atoms with E-state index in [2.05, 4.69) is 54.6 Å². The lowest BCUT2D eigenvalue weighted by molar-refractivity contribution is 0.743. The first-order valence-electron chi connectivity index (χ1n) is 8.11. The fraction of sp³-hybridized carbons (Fsp3) is 0.0952. The van der Waals surface area contributed by atoms with Gasteiger partial charge in [0.2, 0.25) is 0 Å². The third-order valence-corrected chi connectivity index (χ3v) is 4.45. The molecule has 4 rings (SSSR count). The molecule has 1 heterocycles. The number of pyridine rings is 1. The Kier molecular flexibility index (Phi) is 3.73. The summed E-state index contributed by atoms with van der Waals surface area (Å²) in [4.78, 5) is 4.83.